The van der Waals surface area contributed by atoms with Crippen molar-refractivity contribution in [3.8, 4) is 45.3 Å². The van der Waals surface area contributed by atoms with Gasteiger partial charge in [0.05, 0.1) is 11.4 Å². The quantitative estimate of drug-likeness (QED) is 0.160. The maximum Gasteiger partial charge on any atom is 0.163 e. The molecule has 8 aromatic heterocycles. The van der Waals surface area contributed by atoms with E-state index in [1.54, 1.807) is 24.8 Å². The summed E-state index contributed by atoms with van der Waals surface area (Å²) in [6.45, 7) is 15.3. The fraction of sp³-hybridized carbons (Fsp3) is 0.127. The first-order chi connectivity index (χ1) is 39.0. The minimum atomic E-state index is 0.715. The van der Waals surface area contributed by atoms with E-state index < -0.39 is 0 Å². The summed E-state index contributed by atoms with van der Waals surface area (Å²) < 4.78 is 0. The van der Waals surface area contributed by atoms with Crippen molar-refractivity contribution in [1.29, 1.82) is 0 Å². The molecule has 0 radical (unpaired) electrons. The topological polar surface area (TPSA) is 219 Å². The van der Waals surface area contributed by atoms with E-state index in [9.17, 15) is 0 Å². The molecule has 0 unspecified atom stereocenters. The number of hydrogen-bond acceptors (Lipinski definition) is 17. The Morgan fingerprint density at radius 1 is 0.250 bits per heavy atom. The third-order valence-corrected chi connectivity index (χ3v) is 10.1. The van der Waals surface area contributed by atoms with Crippen LogP contribution in [0, 0.1) is 55.4 Å². The fourth-order valence-corrected chi connectivity index (χ4v) is 6.21. The van der Waals surface area contributed by atoms with Crippen LogP contribution in [0.3, 0.4) is 0 Å². The lowest BCUT2D eigenvalue weighted by Crippen LogP contribution is -1.99. The molecule has 0 fully saturated rings. The minimum Gasteiger partial charge on any atom is -0.265 e. The highest BCUT2D eigenvalue weighted by Gasteiger charge is 2.08. The minimum absolute atomic E-state index is 0.715. The third kappa shape index (κ3) is 24.9. The number of rotatable bonds is 4. The molecule has 0 atom stereocenters. The summed E-state index contributed by atoms with van der Waals surface area (Å²) in [4.78, 5) is 67.5. The average Bonchev–Trinajstić information content (AvgIpc) is 3.51. The van der Waals surface area contributed by atoms with Gasteiger partial charge in [-0.25, -0.2) is 69.8 Å². The molecule has 400 valence electrons. The predicted molar refractivity (Wildman–Crippen MR) is 314 cm³/mol. The zero-order chi connectivity index (χ0) is 56.8. The maximum atomic E-state index is 4.55. The van der Waals surface area contributed by atoms with Gasteiger partial charge >= 0.3 is 0 Å². The van der Waals surface area contributed by atoms with E-state index >= 15 is 0 Å². The van der Waals surface area contributed by atoms with Crippen molar-refractivity contribution in [2.75, 3.05) is 0 Å². The average molecular weight is 1060 g/mol. The van der Waals surface area contributed by atoms with Crippen molar-refractivity contribution in [3.05, 3.63) is 285 Å². The number of nitrogens with zero attached hydrogens (tertiary/aromatic N) is 17. The van der Waals surface area contributed by atoms with Crippen molar-refractivity contribution in [1.82, 2.24) is 84.7 Å². The lowest BCUT2D eigenvalue weighted by Gasteiger charge is -2.06. The number of aromatic nitrogens is 17. The standard InChI is InChI=1S/C17H14N2.C16H13N3.3C6H7N.3C4H5N3/c1-13-18-16(14-8-4-2-5-9-14)12-17(19-13)15-10-6-3-7-11-15;1-12-17-15(13-8-4-2-5-9-13)19-16(18-12)14-10-6-3-7-11-14;1-6-2-4-7-5-3-6;1-6-3-2-4-7-5-6;1-6-4-2-3-5-7-6;3*1-4-6-2-5-3-7-4/h2-12H,1H3;2-11H,1H3;3*2-5H,1H3;3*2-3H,1H3. The summed E-state index contributed by atoms with van der Waals surface area (Å²) in [5.74, 6) is 5.23. The van der Waals surface area contributed by atoms with Crippen molar-refractivity contribution in [2.24, 2.45) is 0 Å². The smallest absolute Gasteiger partial charge is 0.163 e. The summed E-state index contributed by atoms with van der Waals surface area (Å²) in [6, 6.07) is 56.1. The Morgan fingerprint density at radius 3 is 0.912 bits per heavy atom. The van der Waals surface area contributed by atoms with Gasteiger partial charge in [-0.15, -0.1) is 0 Å². The van der Waals surface area contributed by atoms with Gasteiger partial charge in [-0.1, -0.05) is 133 Å². The Kier molecular flexibility index (Phi) is 26.9. The van der Waals surface area contributed by atoms with Crippen LogP contribution >= 0.6 is 0 Å². The molecule has 80 heavy (non-hydrogen) atoms. The Bertz CT molecular complexity index is 2950. The fourth-order valence-electron chi connectivity index (χ4n) is 6.21. The summed E-state index contributed by atoms with van der Waals surface area (Å²) in [6.07, 6.45) is 17.8. The molecule has 0 N–H and O–H groups in total. The van der Waals surface area contributed by atoms with Gasteiger partial charge in [-0.3, -0.25) is 15.0 Å². The molecule has 0 amide bonds. The first kappa shape index (κ1) is 60.3. The molecule has 12 aromatic rings. The predicted octanol–water partition coefficient (Wildman–Crippen LogP) is 12.3. The van der Waals surface area contributed by atoms with Crippen LogP contribution in [0.5, 0.6) is 0 Å². The number of hydrogen-bond donors (Lipinski definition) is 0. The summed E-state index contributed by atoms with van der Waals surface area (Å²) >= 11 is 0. The molecule has 0 saturated carbocycles. The molecule has 4 aromatic carbocycles. The second kappa shape index (κ2) is 35.7. The van der Waals surface area contributed by atoms with E-state index in [1.165, 1.54) is 49.1 Å². The van der Waals surface area contributed by atoms with E-state index in [2.05, 4.69) is 109 Å². The lowest BCUT2D eigenvalue weighted by molar-refractivity contribution is 0.973. The monoisotopic (exact) mass is 1060 g/mol. The molecular weight excluding hydrogens is 995 g/mol. The van der Waals surface area contributed by atoms with Crippen LogP contribution in [0.1, 0.15) is 45.9 Å². The Hall–Kier alpha value is -10.5. The molecule has 12 rings (SSSR count). The molecule has 8 heterocycles. The number of pyridine rings is 3. The molecule has 0 bridgehead atoms. The highest BCUT2D eigenvalue weighted by Crippen LogP contribution is 2.24. The van der Waals surface area contributed by atoms with Gasteiger partial charge in [0, 0.05) is 58.9 Å². The van der Waals surface area contributed by atoms with Crippen LogP contribution in [-0.4, -0.2) is 84.7 Å². The molecule has 0 aliphatic carbocycles. The molecule has 0 aliphatic heterocycles. The summed E-state index contributed by atoms with van der Waals surface area (Å²) in [5, 5.41) is 0. The zero-order valence-corrected chi connectivity index (χ0v) is 46.1. The maximum absolute atomic E-state index is 4.55. The van der Waals surface area contributed by atoms with Crippen LogP contribution in [0.2, 0.25) is 0 Å². The molecule has 0 saturated heterocycles. The molecule has 0 aliphatic rings. The van der Waals surface area contributed by atoms with Gasteiger partial charge < -0.3 is 0 Å². The van der Waals surface area contributed by atoms with E-state index in [0.717, 1.165) is 68.5 Å². The largest absolute Gasteiger partial charge is 0.265 e. The first-order valence-corrected chi connectivity index (χ1v) is 25.2. The van der Waals surface area contributed by atoms with Gasteiger partial charge in [-0.05, 0) is 103 Å². The second-order valence-electron chi connectivity index (χ2n) is 16.8. The second-order valence-corrected chi connectivity index (χ2v) is 16.8. The normalized spacial score (nSPS) is 9.50. The van der Waals surface area contributed by atoms with Gasteiger partial charge in [0.1, 0.15) is 67.1 Å². The van der Waals surface area contributed by atoms with E-state index in [-0.39, 0.29) is 0 Å². The summed E-state index contributed by atoms with van der Waals surface area (Å²) in [7, 11) is 0. The number of aryl methyl sites for hydroxylation is 8. The highest BCUT2D eigenvalue weighted by molar-refractivity contribution is 5.67. The molecule has 17 nitrogen and oxygen atoms in total. The van der Waals surface area contributed by atoms with Crippen molar-refractivity contribution in [2.45, 2.75) is 55.4 Å². The van der Waals surface area contributed by atoms with Crippen molar-refractivity contribution >= 4 is 0 Å². The van der Waals surface area contributed by atoms with Crippen LogP contribution in [0.25, 0.3) is 45.3 Å². The SMILES string of the molecule is Cc1ccccn1.Cc1cccnc1.Cc1ccncc1.Cc1nc(-c2ccccc2)cc(-c2ccccc2)n1.Cc1nc(-c2ccccc2)nc(-c2ccccc2)n1.Cc1ncncn1.Cc1ncncn1.Cc1ncncn1. The van der Waals surface area contributed by atoms with E-state index in [4.69, 9.17) is 0 Å². The molecule has 17 heteroatoms. The van der Waals surface area contributed by atoms with Crippen molar-refractivity contribution in [3.63, 3.8) is 0 Å². The number of benzene rings is 4. The Labute approximate surface area is 468 Å². The van der Waals surface area contributed by atoms with Crippen LogP contribution in [-0.2, 0) is 0 Å². The van der Waals surface area contributed by atoms with Gasteiger partial charge in [-0.2, -0.15) is 0 Å². The summed E-state index contributed by atoms with van der Waals surface area (Å²) in [5.41, 5.74) is 9.71. The van der Waals surface area contributed by atoms with Crippen LogP contribution in [0.15, 0.2) is 239 Å². The molecular formula is C63H63N17. The Balaban J connectivity index is 0.000000177. The van der Waals surface area contributed by atoms with E-state index in [1.807, 2.05) is 207 Å². The highest BCUT2D eigenvalue weighted by atomic mass is 15.0. The van der Waals surface area contributed by atoms with E-state index in [0.29, 0.717) is 11.6 Å². The third-order valence-electron chi connectivity index (χ3n) is 10.1. The molecule has 0 spiro atoms. The first-order valence-electron chi connectivity index (χ1n) is 25.2. The van der Waals surface area contributed by atoms with Gasteiger partial charge in [0.15, 0.2) is 11.6 Å². The lowest BCUT2D eigenvalue weighted by atomic mass is 10.1. The van der Waals surface area contributed by atoms with Crippen molar-refractivity contribution < 1.29 is 0 Å². The van der Waals surface area contributed by atoms with Gasteiger partial charge in [0.2, 0.25) is 0 Å². The Morgan fingerprint density at radius 2 is 0.637 bits per heavy atom. The van der Waals surface area contributed by atoms with Crippen LogP contribution in [0.4, 0.5) is 0 Å². The zero-order valence-electron chi connectivity index (χ0n) is 46.1. The van der Waals surface area contributed by atoms with Gasteiger partial charge in [0.25, 0.3) is 0 Å². The van der Waals surface area contributed by atoms with Crippen LogP contribution < -0.4 is 0 Å².